The summed E-state index contributed by atoms with van der Waals surface area (Å²) in [6.45, 7) is 3.51. The molecule has 1 aliphatic heterocycles. The molecule has 6 nitrogen and oxygen atoms in total. The first kappa shape index (κ1) is 20.3. The van der Waals surface area contributed by atoms with Crippen LogP contribution in [0.1, 0.15) is 0 Å². The highest BCUT2D eigenvalue weighted by atomic mass is 16.3. The van der Waals surface area contributed by atoms with Crippen molar-refractivity contribution >= 4 is 5.91 Å². The number of aromatic nitrogens is 2. The van der Waals surface area contributed by atoms with E-state index in [2.05, 4.69) is 36.2 Å². The molecule has 0 aliphatic carbocycles. The zero-order valence-electron chi connectivity index (χ0n) is 18.1. The summed E-state index contributed by atoms with van der Waals surface area (Å²) in [5, 5.41) is 0. The highest BCUT2D eigenvalue weighted by Gasteiger charge is 2.26. The molecule has 0 N–H and O–H groups in total. The van der Waals surface area contributed by atoms with Crippen molar-refractivity contribution in [1.82, 2.24) is 19.4 Å². The third-order valence-electron chi connectivity index (χ3n) is 5.99. The van der Waals surface area contributed by atoms with Crippen LogP contribution >= 0.6 is 0 Å². The predicted molar refractivity (Wildman–Crippen MR) is 125 cm³/mol. The molecule has 6 heteroatoms. The van der Waals surface area contributed by atoms with E-state index in [1.54, 1.807) is 12.5 Å². The van der Waals surface area contributed by atoms with Crippen molar-refractivity contribution in [3.8, 4) is 33.9 Å². The van der Waals surface area contributed by atoms with Crippen molar-refractivity contribution < 1.29 is 9.21 Å². The number of imidazole rings is 1. The summed E-state index contributed by atoms with van der Waals surface area (Å²) >= 11 is 0. The fourth-order valence-electron chi connectivity index (χ4n) is 4.20. The third-order valence-corrected chi connectivity index (χ3v) is 5.99. The van der Waals surface area contributed by atoms with Gasteiger partial charge in [0.25, 0.3) is 0 Å². The smallest absolute Gasteiger partial charge is 0.242 e. The van der Waals surface area contributed by atoms with E-state index in [1.807, 2.05) is 51.9 Å². The molecule has 162 valence electrons. The number of hydrogen-bond donors (Lipinski definition) is 0. The lowest BCUT2D eigenvalue weighted by Crippen LogP contribution is -2.48. The first-order valence-electron chi connectivity index (χ1n) is 10.9. The molecule has 3 heterocycles. The fraction of sp³-hybridized carbons (Fsp3) is 0.231. The number of likely N-dealkylation sites (N-methyl/N-ethyl adjacent to an activating group) is 1. The lowest BCUT2D eigenvalue weighted by atomic mass is 10.0. The third kappa shape index (κ3) is 3.97. The number of rotatable bonds is 5. The van der Waals surface area contributed by atoms with Gasteiger partial charge in [-0.15, -0.1) is 0 Å². The van der Waals surface area contributed by atoms with E-state index in [4.69, 9.17) is 9.40 Å². The average Bonchev–Trinajstić information content (AvgIpc) is 3.49. The lowest BCUT2D eigenvalue weighted by molar-refractivity contribution is -0.133. The van der Waals surface area contributed by atoms with Crippen molar-refractivity contribution in [2.45, 2.75) is 6.54 Å². The number of amides is 1. The Hall–Kier alpha value is -3.64. The van der Waals surface area contributed by atoms with Gasteiger partial charge in [0.15, 0.2) is 0 Å². The standard InChI is InChI=1S/C26H26N4O2/c1-28-13-15-29(16-14-28)23(31)18-30-25(21-10-6-3-7-11-21)24(20-8-4-2-5-9-20)27-26(30)22-12-17-32-19-22/h2-12,17,19H,13-16,18H2,1H3. The normalized spacial score (nSPS) is 14.6. The molecule has 0 unspecified atom stereocenters. The van der Waals surface area contributed by atoms with Crippen LogP contribution in [0.5, 0.6) is 0 Å². The topological polar surface area (TPSA) is 54.5 Å². The van der Waals surface area contributed by atoms with Crippen LogP contribution in [0.4, 0.5) is 0 Å². The van der Waals surface area contributed by atoms with Crippen LogP contribution in [0.3, 0.4) is 0 Å². The van der Waals surface area contributed by atoms with E-state index < -0.39 is 0 Å². The van der Waals surface area contributed by atoms with Crippen molar-refractivity contribution in [3.63, 3.8) is 0 Å². The van der Waals surface area contributed by atoms with Crippen LogP contribution in [0.15, 0.2) is 83.7 Å². The van der Waals surface area contributed by atoms with Gasteiger partial charge in [0, 0.05) is 37.3 Å². The van der Waals surface area contributed by atoms with Gasteiger partial charge in [-0.2, -0.15) is 0 Å². The predicted octanol–water partition coefficient (Wildman–Crippen LogP) is 4.25. The van der Waals surface area contributed by atoms with Crippen LogP contribution in [0.2, 0.25) is 0 Å². The first-order valence-corrected chi connectivity index (χ1v) is 10.9. The number of carbonyl (C=O) groups is 1. The molecule has 2 aromatic heterocycles. The molecule has 0 radical (unpaired) electrons. The zero-order chi connectivity index (χ0) is 21.9. The van der Waals surface area contributed by atoms with Gasteiger partial charge in [0.1, 0.15) is 18.6 Å². The largest absolute Gasteiger partial charge is 0.472 e. The molecule has 0 saturated carbocycles. The van der Waals surface area contributed by atoms with Crippen LogP contribution in [-0.2, 0) is 11.3 Å². The van der Waals surface area contributed by atoms with Crippen LogP contribution in [0.25, 0.3) is 33.9 Å². The molecule has 2 aromatic carbocycles. The summed E-state index contributed by atoms with van der Waals surface area (Å²) in [5.41, 5.74) is 4.70. The van der Waals surface area contributed by atoms with E-state index in [0.717, 1.165) is 60.1 Å². The van der Waals surface area contributed by atoms with Crippen LogP contribution in [-0.4, -0.2) is 58.5 Å². The number of piperazine rings is 1. The van der Waals surface area contributed by atoms with Gasteiger partial charge in [-0.25, -0.2) is 4.98 Å². The van der Waals surface area contributed by atoms with E-state index in [0.29, 0.717) is 0 Å². The maximum atomic E-state index is 13.4. The Kier molecular flexibility index (Phi) is 5.60. The first-order chi connectivity index (χ1) is 15.7. The minimum atomic E-state index is 0.108. The monoisotopic (exact) mass is 426 g/mol. The van der Waals surface area contributed by atoms with Crippen molar-refractivity contribution in [2.75, 3.05) is 33.2 Å². The molecule has 32 heavy (non-hydrogen) atoms. The van der Waals surface area contributed by atoms with Crippen molar-refractivity contribution in [3.05, 3.63) is 79.3 Å². The van der Waals surface area contributed by atoms with E-state index in [9.17, 15) is 4.79 Å². The second kappa shape index (κ2) is 8.85. The van der Waals surface area contributed by atoms with Gasteiger partial charge in [-0.1, -0.05) is 60.7 Å². The average molecular weight is 427 g/mol. The van der Waals surface area contributed by atoms with Gasteiger partial charge < -0.3 is 18.8 Å². The quantitative estimate of drug-likeness (QED) is 0.479. The molecule has 4 aromatic rings. The highest BCUT2D eigenvalue weighted by molar-refractivity contribution is 5.85. The molecule has 5 rings (SSSR count). The lowest BCUT2D eigenvalue weighted by Gasteiger charge is -2.32. The Balaban J connectivity index is 1.65. The van der Waals surface area contributed by atoms with Crippen molar-refractivity contribution in [2.24, 2.45) is 0 Å². The second-order valence-corrected chi connectivity index (χ2v) is 8.15. The summed E-state index contributed by atoms with van der Waals surface area (Å²) in [4.78, 5) is 22.6. The number of furan rings is 1. The minimum absolute atomic E-state index is 0.108. The maximum absolute atomic E-state index is 13.4. The van der Waals surface area contributed by atoms with Crippen LogP contribution in [0, 0.1) is 0 Å². The Labute approximate surface area is 187 Å². The van der Waals surface area contributed by atoms with Gasteiger partial charge >= 0.3 is 0 Å². The molecular formula is C26H26N4O2. The molecule has 0 atom stereocenters. The Morgan fingerprint density at radius 1 is 0.875 bits per heavy atom. The highest BCUT2D eigenvalue weighted by Crippen LogP contribution is 2.36. The molecular weight excluding hydrogens is 400 g/mol. The number of nitrogens with zero attached hydrogens (tertiary/aromatic N) is 4. The van der Waals surface area contributed by atoms with Crippen LogP contribution < -0.4 is 0 Å². The van der Waals surface area contributed by atoms with E-state index in [-0.39, 0.29) is 12.5 Å². The molecule has 0 spiro atoms. The molecule has 0 bridgehead atoms. The number of carbonyl (C=O) groups excluding carboxylic acids is 1. The van der Waals surface area contributed by atoms with Gasteiger partial charge in [0.2, 0.25) is 5.91 Å². The zero-order valence-corrected chi connectivity index (χ0v) is 18.1. The summed E-state index contributed by atoms with van der Waals surface area (Å²) < 4.78 is 7.41. The summed E-state index contributed by atoms with van der Waals surface area (Å²) in [5.74, 6) is 0.843. The van der Waals surface area contributed by atoms with E-state index >= 15 is 0 Å². The second-order valence-electron chi connectivity index (χ2n) is 8.15. The SMILES string of the molecule is CN1CCN(C(=O)Cn2c(-c3ccoc3)nc(-c3ccccc3)c2-c2ccccc2)CC1. The number of hydrogen-bond acceptors (Lipinski definition) is 4. The molecule has 1 amide bonds. The number of benzene rings is 2. The molecule has 1 saturated heterocycles. The molecule has 1 fully saturated rings. The summed E-state index contributed by atoms with van der Waals surface area (Å²) in [6.07, 6.45) is 3.32. The molecule has 1 aliphatic rings. The van der Waals surface area contributed by atoms with E-state index in [1.165, 1.54) is 0 Å². The van der Waals surface area contributed by atoms with Gasteiger partial charge in [0.05, 0.1) is 23.2 Å². The summed E-state index contributed by atoms with van der Waals surface area (Å²) in [6, 6.07) is 22.2. The Morgan fingerprint density at radius 3 is 2.16 bits per heavy atom. The summed E-state index contributed by atoms with van der Waals surface area (Å²) in [7, 11) is 2.09. The minimum Gasteiger partial charge on any atom is -0.472 e. The van der Waals surface area contributed by atoms with Crippen molar-refractivity contribution in [1.29, 1.82) is 0 Å². The van der Waals surface area contributed by atoms with Gasteiger partial charge in [-0.3, -0.25) is 4.79 Å². The van der Waals surface area contributed by atoms with Gasteiger partial charge in [-0.05, 0) is 13.1 Å². The maximum Gasteiger partial charge on any atom is 0.242 e. The Morgan fingerprint density at radius 2 is 1.53 bits per heavy atom. The fourth-order valence-corrected chi connectivity index (χ4v) is 4.20. The Bertz CT molecular complexity index is 1180.